The lowest BCUT2D eigenvalue weighted by atomic mass is 10.1. The van der Waals surface area contributed by atoms with Crippen LogP contribution in [-0.4, -0.2) is 48.1 Å². The number of hydrogen-bond donors (Lipinski definition) is 1. The van der Waals surface area contributed by atoms with E-state index in [1.165, 1.54) is 12.1 Å². The first-order valence-corrected chi connectivity index (χ1v) is 10.2. The van der Waals surface area contributed by atoms with Crippen LogP contribution in [0.3, 0.4) is 0 Å². The monoisotopic (exact) mass is 415 g/mol. The lowest BCUT2D eigenvalue weighted by molar-refractivity contribution is 0.299. The minimum Gasteiger partial charge on any atom is -0.378 e. The Bertz CT molecular complexity index is 853. The number of likely N-dealkylation sites (N-methyl/N-ethyl adjacent to an activating group) is 1. The van der Waals surface area contributed by atoms with Gasteiger partial charge in [-0.3, -0.25) is 0 Å². The van der Waals surface area contributed by atoms with Gasteiger partial charge in [0.2, 0.25) is 10.0 Å². The van der Waals surface area contributed by atoms with Gasteiger partial charge in [0.15, 0.2) is 0 Å². The molecular weight excluding hydrogens is 393 g/mol. The Morgan fingerprint density at radius 1 is 1.00 bits per heavy atom. The third kappa shape index (κ3) is 5.11. The minimum absolute atomic E-state index is 0.0212. The van der Waals surface area contributed by atoms with Gasteiger partial charge in [0.05, 0.1) is 5.02 Å². The van der Waals surface area contributed by atoms with Crippen molar-refractivity contribution in [3.05, 3.63) is 58.1 Å². The number of nitrogens with one attached hydrogen (secondary N) is 1. The van der Waals surface area contributed by atoms with E-state index in [0.717, 1.165) is 11.3 Å². The molecule has 0 aliphatic carbocycles. The summed E-state index contributed by atoms with van der Waals surface area (Å²) >= 11 is 11.9. The first kappa shape index (κ1) is 21.0. The molecule has 0 spiro atoms. The maximum absolute atomic E-state index is 12.6. The van der Waals surface area contributed by atoms with Crippen molar-refractivity contribution < 1.29 is 8.42 Å². The summed E-state index contributed by atoms with van der Waals surface area (Å²) in [7, 11) is 3.99. The zero-order valence-corrected chi connectivity index (χ0v) is 17.5. The van der Waals surface area contributed by atoms with Gasteiger partial charge in [-0.15, -0.1) is 0 Å². The fourth-order valence-electron chi connectivity index (χ4n) is 2.54. The number of benzene rings is 2. The lowest BCUT2D eigenvalue weighted by Crippen LogP contribution is -2.34. The van der Waals surface area contributed by atoms with Crippen molar-refractivity contribution in [1.29, 1.82) is 0 Å². The highest BCUT2D eigenvalue weighted by atomic mass is 35.5. The van der Waals surface area contributed by atoms with Crippen LogP contribution in [0, 0.1) is 0 Å². The van der Waals surface area contributed by atoms with E-state index in [1.807, 2.05) is 62.3 Å². The Labute approximate surface area is 165 Å². The molecule has 2 rings (SSSR count). The average Bonchev–Trinajstić information content (AvgIpc) is 2.57. The predicted octanol–water partition coefficient (Wildman–Crippen LogP) is 3.64. The molecule has 142 valence electrons. The molecule has 0 amide bonds. The van der Waals surface area contributed by atoms with Crippen molar-refractivity contribution >= 4 is 38.9 Å². The van der Waals surface area contributed by atoms with Crippen molar-refractivity contribution in [1.82, 2.24) is 9.62 Å². The molecular formula is C18H23Cl2N3O2S. The molecule has 0 bridgehead atoms. The number of hydrogen-bond acceptors (Lipinski definition) is 4. The van der Waals surface area contributed by atoms with E-state index in [9.17, 15) is 8.42 Å². The number of rotatable bonds is 7. The lowest BCUT2D eigenvalue weighted by Gasteiger charge is -2.26. The molecule has 2 aromatic rings. The van der Waals surface area contributed by atoms with Crippen LogP contribution in [0.5, 0.6) is 0 Å². The Balaban J connectivity index is 2.21. The largest absolute Gasteiger partial charge is 0.378 e. The van der Waals surface area contributed by atoms with E-state index in [0.29, 0.717) is 5.02 Å². The molecule has 0 aliphatic heterocycles. The Hall–Kier alpha value is -1.31. The normalized spacial score (nSPS) is 13.0. The molecule has 1 atom stereocenters. The van der Waals surface area contributed by atoms with Crippen LogP contribution < -0.4 is 9.62 Å². The quantitative estimate of drug-likeness (QED) is 0.749. The summed E-state index contributed by atoms with van der Waals surface area (Å²) in [6.07, 6.45) is 0. The highest BCUT2D eigenvalue weighted by Crippen LogP contribution is 2.26. The summed E-state index contributed by atoms with van der Waals surface area (Å²) < 4.78 is 27.9. The van der Waals surface area contributed by atoms with Crippen LogP contribution in [0.2, 0.25) is 10.0 Å². The molecule has 0 saturated carbocycles. The van der Waals surface area contributed by atoms with Crippen LogP contribution in [0.4, 0.5) is 5.69 Å². The van der Waals surface area contributed by atoms with Gasteiger partial charge in [-0.1, -0.05) is 35.3 Å². The standard InChI is InChI=1S/C18H23Cl2N3O2S/c1-22(2)15-8-5-13(6-9-15)17(23(3)4)12-21-26(24,25)18-11-14(19)7-10-16(18)20/h5-11,17,21H,12H2,1-4H3/t17-/m0/s1. The van der Waals surface area contributed by atoms with E-state index in [-0.39, 0.29) is 22.5 Å². The highest BCUT2D eigenvalue weighted by Gasteiger charge is 2.22. The zero-order valence-electron chi connectivity index (χ0n) is 15.2. The van der Waals surface area contributed by atoms with E-state index < -0.39 is 10.0 Å². The summed E-state index contributed by atoms with van der Waals surface area (Å²) in [6.45, 7) is 0.208. The van der Waals surface area contributed by atoms with Crippen molar-refractivity contribution in [2.45, 2.75) is 10.9 Å². The zero-order chi connectivity index (χ0) is 19.5. The molecule has 0 fully saturated rings. The predicted molar refractivity (Wildman–Crippen MR) is 109 cm³/mol. The average molecular weight is 416 g/mol. The number of halogens is 2. The molecule has 0 heterocycles. The fraction of sp³-hybridized carbons (Fsp3) is 0.333. The van der Waals surface area contributed by atoms with Crippen LogP contribution in [-0.2, 0) is 10.0 Å². The summed E-state index contributed by atoms with van der Waals surface area (Å²) in [5, 5.41) is 0.455. The second-order valence-corrected chi connectivity index (χ2v) is 8.97. The maximum atomic E-state index is 12.6. The van der Waals surface area contributed by atoms with Gasteiger partial charge in [0, 0.05) is 37.4 Å². The molecule has 0 aliphatic rings. The smallest absolute Gasteiger partial charge is 0.242 e. The second kappa shape index (κ2) is 8.59. The topological polar surface area (TPSA) is 52.7 Å². The summed E-state index contributed by atoms with van der Waals surface area (Å²) in [6, 6.07) is 12.3. The maximum Gasteiger partial charge on any atom is 0.242 e. The minimum atomic E-state index is -3.77. The van der Waals surface area contributed by atoms with Crippen LogP contribution in [0.15, 0.2) is 47.4 Å². The van der Waals surface area contributed by atoms with Gasteiger partial charge in [0.1, 0.15) is 4.90 Å². The van der Waals surface area contributed by atoms with E-state index >= 15 is 0 Å². The van der Waals surface area contributed by atoms with Gasteiger partial charge in [-0.25, -0.2) is 13.1 Å². The van der Waals surface area contributed by atoms with Crippen molar-refractivity contribution in [3.63, 3.8) is 0 Å². The molecule has 8 heteroatoms. The van der Waals surface area contributed by atoms with Gasteiger partial charge < -0.3 is 9.80 Å². The molecule has 2 aromatic carbocycles. The first-order chi connectivity index (χ1) is 12.1. The van der Waals surface area contributed by atoms with Crippen LogP contribution >= 0.6 is 23.2 Å². The molecule has 0 saturated heterocycles. The molecule has 5 nitrogen and oxygen atoms in total. The number of anilines is 1. The fourth-order valence-corrected chi connectivity index (χ4v) is 4.34. The number of sulfonamides is 1. The summed E-state index contributed by atoms with van der Waals surface area (Å²) in [5.74, 6) is 0. The van der Waals surface area contributed by atoms with E-state index in [4.69, 9.17) is 23.2 Å². The third-order valence-electron chi connectivity index (χ3n) is 4.07. The van der Waals surface area contributed by atoms with E-state index in [1.54, 1.807) is 6.07 Å². The molecule has 0 aromatic heterocycles. The van der Waals surface area contributed by atoms with Crippen LogP contribution in [0.25, 0.3) is 0 Å². The van der Waals surface area contributed by atoms with E-state index in [2.05, 4.69) is 4.72 Å². The Kier molecular flexibility index (Phi) is 6.93. The van der Waals surface area contributed by atoms with Gasteiger partial charge in [-0.05, 0) is 50.0 Å². The Morgan fingerprint density at radius 3 is 2.15 bits per heavy atom. The van der Waals surface area contributed by atoms with Gasteiger partial charge in [0.25, 0.3) is 0 Å². The number of nitrogens with zero attached hydrogens (tertiary/aromatic N) is 2. The molecule has 0 unspecified atom stereocenters. The Morgan fingerprint density at radius 2 is 1.62 bits per heavy atom. The second-order valence-electron chi connectivity index (χ2n) is 6.39. The molecule has 26 heavy (non-hydrogen) atoms. The third-order valence-corrected chi connectivity index (χ3v) is 6.21. The SMILES string of the molecule is CN(C)c1ccc([C@H](CNS(=O)(=O)c2cc(Cl)ccc2Cl)N(C)C)cc1. The summed E-state index contributed by atoms with van der Waals surface area (Å²) in [5.41, 5.74) is 2.10. The molecule has 0 radical (unpaired) electrons. The molecule has 1 N–H and O–H groups in total. The van der Waals surface area contributed by atoms with Crippen molar-refractivity contribution in [2.75, 3.05) is 39.6 Å². The van der Waals surface area contributed by atoms with Crippen LogP contribution in [0.1, 0.15) is 11.6 Å². The van der Waals surface area contributed by atoms with Crippen molar-refractivity contribution in [3.8, 4) is 0 Å². The highest BCUT2D eigenvalue weighted by molar-refractivity contribution is 7.89. The first-order valence-electron chi connectivity index (χ1n) is 8.00. The van der Waals surface area contributed by atoms with Gasteiger partial charge in [-0.2, -0.15) is 0 Å². The van der Waals surface area contributed by atoms with Gasteiger partial charge >= 0.3 is 0 Å². The van der Waals surface area contributed by atoms with Crippen molar-refractivity contribution in [2.24, 2.45) is 0 Å². The summed E-state index contributed by atoms with van der Waals surface area (Å²) in [4.78, 5) is 3.96.